The van der Waals surface area contributed by atoms with Gasteiger partial charge >= 0.3 is 0 Å². The topological polar surface area (TPSA) is 110 Å². The van der Waals surface area contributed by atoms with Gasteiger partial charge in [-0.15, -0.1) is 0 Å². The Hall–Kier alpha value is -2.19. The summed E-state index contributed by atoms with van der Waals surface area (Å²) in [6.07, 6.45) is 0.530. The average Bonchev–Trinajstić information content (AvgIpc) is 2.70. The van der Waals surface area contributed by atoms with Crippen molar-refractivity contribution in [2.24, 2.45) is 17.6 Å². The van der Waals surface area contributed by atoms with Gasteiger partial charge in [-0.3, -0.25) is 24.1 Å². The smallest absolute Gasteiger partial charge is 0.246 e. The van der Waals surface area contributed by atoms with Crippen molar-refractivity contribution in [1.29, 1.82) is 0 Å². The number of nitrogens with zero attached hydrogens (tertiary/aromatic N) is 1. The van der Waals surface area contributed by atoms with Crippen LogP contribution in [0.5, 0.6) is 0 Å². The fourth-order valence-corrected chi connectivity index (χ4v) is 4.14. The second-order valence-corrected chi connectivity index (χ2v) is 9.69. The molecule has 0 fully saturated rings. The van der Waals surface area contributed by atoms with E-state index in [1.165, 1.54) is 14.0 Å². The molecule has 0 bridgehead atoms. The van der Waals surface area contributed by atoms with E-state index in [1.807, 2.05) is 44.2 Å². The van der Waals surface area contributed by atoms with Crippen LogP contribution in [0.3, 0.4) is 0 Å². The van der Waals surface area contributed by atoms with Crippen LogP contribution in [-0.2, 0) is 25.6 Å². The van der Waals surface area contributed by atoms with Crippen molar-refractivity contribution in [1.82, 2.24) is 10.2 Å². The van der Waals surface area contributed by atoms with E-state index in [0.29, 0.717) is 6.42 Å². The number of carbonyl (C=O) groups excluding carboxylic acids is 4. The zero-order chi connectivity index (χ0) is 23.7. The number of carbonyl (C=O) groups is 4. The van der Waals surface area contributed by atoms with Crippen LogP contribution in [0.25, 0.3) is 0 Å². The second kappa shape index (κ2) is 12.6. The molecule has 0 spiro atoms. The van der Waals surface area contributed by atoms with E-state index in [4.69, 9.17) is 5.73 Å². The maximum Gasteiger partial charge on any atom is 0.246 e. The molecule has 1 aromatic carbocycles. The highest BCUT2D eigenvalue weighted by Gasteiger charge is 2.41. The number of likely N-dealkylation sites (N-methyl/N-ethyl adjacent to an activating group) is 1. The fourth-order valence-electron chi connectivity index (χ4n) is 3.30. The largest absolute Gasteiger partial charge is 0.357 e. The molecular weight excluding hydrogens is 414 g/mol. The van der Waals surface area contributed by atoms with E-state index in [0.717, 1.165) is 22.2 Å². The van der Waals surface area contributed by atoms with Crippen LogP contribution in [0, 0.1) is 11.8 Å². The highest BCUT2D eigenvalue weighted by Crippen LogP contribution is 2.25. The highest BCUT2D eigenvalue weighted by molar-refractivity contribution is 8.14. The Morgan fingerprint density at radius 1 is 1.03 bits per heavy atom. The Labute approximate surface area is 189 Å². The predicted molar refractivity (Wildman–Crippen MR) is 124 cm³/mol. The van der Waals surface area contributed by atoms with Crippen molar-refractivity contribution in [2.45, 2.75) is 64.8 Å². The van der Waals surface area contributed by atoms with Crippen molar-refractivity contribution >= 4 is 34.6 Å². The lowest BCUT2D eigenvalue weighted by Gasteiger charge is -2.34. The third-order valence-corrected chi connectivity index (χ3v) is 6.12. The van der Waals surface area contributed by atoms with E-state index in [9.17, 15) is 19.2 Å². The van der Waals surface area contributed by atoms with Crippen LogP contribution in [0.15, 0.2) is 30.3 Å². The summed E-state index contributed by atoms with van der Waals surface area (Å²) >= 11 is 0.875. The summed E-state index contributed by atoms with van der Waals surface area (Å²) < 4.78 is 0. The Kier molecular flexibility index (Phi) is 10.9. The molecule has 0 aliphatic heterocycles. The molecule has 0 radical (unpaired) electrons. The third-order valence-electron chi connectivity index (χ3n) is 4.79. The summed E-state index contributed by atoms with van der Waals surface area (Å²) in [7, 11) is 1.46. The number of thioether (sulfide) groups is 1. The summed E-state index contributed by atoms with van der Waals surface area (Å²) in [6.45, 7) is 8.86. The molecule has 0 aliphatic rings. The SMILES string of the molecule is CNC(=O)[C@H](Cc1ccccc1)N(C(=O)C(SC(C)=O)C(C)C)C(=O)[C@@H](N)CC(C)C. The molecule has 3 amide bonds. The highest BCUT2D eigenvalue weighted by atomic mass is 32.2. The number of nitrogens with one attached hydrogen (secondary N) is 1. The molecule has 3 N–H and O–H groups in total. The fraction of sp³-hybridized carbons (Fsp3) is 0.565. The van der Waals surface area contributed by atoms with Crippen LogP contribution >= 0.6 is 11.8 Å². The van der Waals surface area contributed by atoms with Crippen LogP contribution in [-0.4, -0.2) is 52.1 Å². The molecule has 0 aliphatic carbocycles. The summed E-state index contributed by atoms with van der Waals surface area (Å²) in [6, 6.07) is 7.18. The number of nitrogens with two attached hydrogens (primary N) is 1. The van der Waals surface area contributed by atoms with Crippen molar-refractivity contribution < 1.29 is 19.2 Å². The zero-order valence-corrected chi connectivity index (χ0v) is 20.1. The number of hydrogen-bond donors (Lipinski definition) is 2. The lowest BCUT2D eigenvalue weighted by atomic mass is 9.98. The first-order valence-corrected chi connectivity index (χ1v) is 11.4. The summed E-state index contributed by atoms with van der Waals surface area (Å²) in [5.41, 5.74) is 6.96. The molecule has 0 aromatic heterocycles. The minimum atomic E-state index is -1.07. The molecule has 7 nitrogen and oxygen atoms in total. The molecule has 0 heterocycles. The number of hydrogen-bond acceptors (Lipinski definition) is 6. The van der Waals surface area contributed by atoms with E-state index >= 15 is 0 Å². The standard InChI is InChI=1S/C23H35N3O4S/c1-14(2)12-18(24)22(29)26(23(30)20(15(3)4)31-16(5)27)19(21(28)25-6)13-17-10-8-7-9-11-17/h7-11,14-15,18-20H,12-13,24H2,1-6H3,(H,25,28)/t18-,19-,20?/m0/s1. The van der Waals surface area contributed by atoms with Crippen molar-refractivity contribution in [3.8, 4) is 0 Å². The number of rotatable bonds is 10. The monoisotopic (exact) mass is 449 g/mol. The lowest BCUT2D eigenvalue weighted by Crippen LogP contribution is -2.59. The third kappa shape index (κ3) is 8.10. The maximum atomic E-state index is 13.6. The van der Waals surface area contributed by atoms with Crippen LogP contribution < -0.4 is 11.1 Å². The number of amides is 3. The van der Waals surface area contributed by atoms with Gasteiger partial charge in [0, 0.05) is 20.4 Å². The molecular formula is C23H35N3O4S. The van der Waals surface area contributed by atoms with Crippen LogP contribution in [0.4, 0.5) is 0 Å². The maximum absolute atomic E-state index is 13.6. The van der Waals surface area contributed by atoms with Crippen molar-refractivity contribution in [2.75, 3.05) is 7.05 Å². The van der Waals surface area contributed by atoms with Gasteiger partial charge in [0.2, 0.25) is 17.7 Å². The lowest BCUT2D eigenvalue weighted by molar-refractivity contribution is -0.153. The minimum absolute atomic E-state index is 0.135. The van der Waals surface area contributed by atoms with Gasteiger partial charge in [-0.2, -0.15) is 0 Å². The second-order valence-electron chi connectivity index (χ2n) is 8.38. The predicted octanol–water partition coefficient (Wildman–Crippen LogP) is 2.38. The zero-order valence-electron chi connectivity index (χ0n) is 19.3. The van der Waals surface area contributed by atoms with E-state index in [1.54, 1.807) is 13.8 Å². The summed E-state index contributed by atoms with van der Waals surface area (Å²) in [5.74, 6) is -1.71. The molecule has 1 rings (SSSR count). The molecule has 8 heteroatoms. The van der Waals surface area contributed by atoms with Crippen LogP contribution in [0.1, 0.15) is 46.6 Å². The van der Waals surface area contributed by atoms with Crippen molar-refractivity contribution in [3.05, 3.63) is 35.9 Å². The number of imide groups is 1. The normalized spacial score (nSPS) is 14.1. The van der Waals surface area contributed by atoms with Gasteiger partial charge in [0.15, 0.2) is 5.12 Å². The van der Waals surface area contributed by atoms with Gasteiger partial charge in [-0.1, -0.05) is 69.8 Å². The molecule has 0 saturated carbocycles. The van der Waals surface area contributed by atoms with E-state index in [2.05, 4.69) is 5.32 Å². The Morgan fingerprint density at radius 3 is 2.06 bits per heavy atom. The van der Waals surface area contributed by atoms with Gasteiger partial charge in [0.05, 0.1) is 11.3 Å². The first-order chi connectivity index (χ1) is 14.5. The minimum Gasteiger partial charge on any atom is -0.357 e. The van der Waals surface area contributed by atoms with E-state index < -0.39 is 35.1 Å². The summed E-state index contributed by atoms with van der Waals surface area (Å²) in [5, 5.41) is 1.54. The summed E-state index contributed by atoms with van der Waals surface area (Å²) in [4.78, 5) is 52.6. The van der Waals surface area contributed by atoms with Gasteiger partial charge in [0.1, 0.15) is 6.04 Å². The van der Waals surface area contributed by atoms with Gasteiger partial charge in [0.25, 0.3) is 0 Å². The quantitative estimate of drug-likeness (QED) is 0.568. The van der Waals surface area contributed by atoms with Gasteiger partial charge < -0.3 is 11.1 Å². The molecule has 1 aromatic rings. The van der Waals surface area contributed by atoms with Crippen molar-refractivity contribution in [3.63, 3.8) is 0 Å². The first-order valence-electron chi connectivity index (χ1n) is 10.5. The molecule has 31 heavy (non-hydrogen) atoms. The average molecular weight is 450 g/mol. The molecule has 1 unspecified atom stereocenters. The van der Waals surface area contributed by atoms with Gasteiger partial charge in [-0.25, -0.2) is 0 Å². The van der Waals surface area contributed by atoms with Crippen LogP contribution in [0.2, 0.25) is 0 Å². The molecule has 172 valence electrons. The Morgan fingerprint density at radius 2 is 1.61 bits per heavy atom. The first kappa shape index (κ1) is 26.8. The van der Waals surface area contributed by atoms with Gasteiger partial charge in [-0.05, 0) is 23.8 Å². The molecule has 0 saturated heterocycles. The number of benzene rings is 1. The Bertz CT molecular complexity index is 767. The molecule has 3 atom stereocenters. The Balaban J connectivity index is 3.47. The van der Waals surface area contributed by atoms with E-state index in [-0.39, 0.29) is 23.4 Å².